The molecule has 0 fully saturated rings. The fourth-order valence-electron chi connectivity index (χ4n) is 5.02. The van der Waals surface area contributed by atoms with Crippen LogP contribution in [0.3, 0.4) is 0 Å². The molecule has 0 spiro atoms. The van der Waals surface area contributed by atoms with Crippen molar-refractivity contribution in [2.75, 3.05) is 13.2 Å². The molecule has 0 bridgehead atoms. The minimum absolute atomic E-state index is 0.0924. The molecular formula is C37H68O5. The normalized spacial score (nSPS) is 12.4. The van der Waals surface area contributed by atoms with Crippen molar-refractivity contribution in [3.05, 3.63) is 24.3 Å². The molecule has 246 valence electrons. The zero-order valence-corrected chi connectivity index (χ0v) is 27.8. The Balaban J connectivity index is 3.62. The van der Waals surface area contributed by atoms with Crippen molar-refractivity contribution in [3.63, 3.8) is 0 Å². The Hall–Kier alpha value is -1.62. The van der Waals surface area contributed by atoms with E-state index in [1.54, 1.807) is 0 Å². The second kappa shape index (κ2) is 33.9. The van der Waals surface area contributed by atoms with Gasteiger partial charge < -0.3 is 14.6 Å². The Bertz CT molecular complexity index is 642. The molecule has 0 radical (unpaired) electrons. The Morgan fingerprint density at radius 2 is 1.00 bits per heavy atom. The van der Waals surface area contributed by atoms with Gasteiger partial charge in [-0.2, -0.15) is 0 Å². The molecule has 0 saturated heterocycles. The lowest BCUT2D eigenvalue weighted by atomic mass is 10.0. The van der Waals surface area contributed by atoms with E-state index in [0.717, 1.165) is 32.1 Å². The van der Waals surface area contributed by atoms with Gasteiger partial charge in [0, 0.05) is 12.8 Å². The highest BCUT2D eigenvalue weighted by atomic mass is 16.6. The van der Waals surface area contributed by atoms with E-state index in [2.05, 4.69) is 32.1 Å². The minimum atomic E-state index is -0.787. The van der Waals surface area contributed by atoms with Gasteiger partial charge in [0.1, 0.15) is 6.61 Å². The van der Waals surface area contributed by atoms with Crippen LogP contribution in [0.4, 0.5) is 0 Å². The molecule has 0 aromatic carbocycles. The van der Waals surface area contributed by atoms with Crippen molar-refractivity contribution in [1.29, 1.82) is 0 Å². The fourth-order valence-corrected chi connectivity index (χ4v) is 5.02. The fraction of sp³-hybridized carbons (Fsp3) is 0.838. The monoisotopic (exact) mass is 593 g/mol. The van der Waals surface area contributed by atoms with E-state index >= 15 is 0 Å². The Kier molecular flexibility index (Phi) is 32.6. The lowest BCUT2D eigenvalue weighted by Gasteiger charge is -2.15. The lowest BCUT2D eigenvalue weighted by Crippen LogP contribution is -2.28. The quantitative estimate of drug-likeness (QED) is 0.0478. The molecule has 0 aromatic heterocycles. The molecule has 0 aliphatic carbocycles. The molecular weight excluding hydrogens is 524 g/mol. The average molecular weight is 593 g/mol. The van der Waals surface area contributed by atoms with Crippen LogP contribution in [0.25, 0.3) is 0 Å². The zero-order chi connectivity index (χ0) is 30.8. The average Bonchev–Trinajstić information content (AvgIpc) is 2.99. The molecule has 0 aliphatic rings. The summed E-state index contributed by atoms with van der Waals surface area (Å²) >= 11 is 0. The number of hydrogen-bond acceptors (Lipinski definition) is 5. The smallest absolute Gasteiger partial charge is 0.306 e. The number of esters is 2. The number of rotatable bonds is 32. The third-order valence-corrected chi connectivity index (χ3v) is 7.76. The number of allylic oxidation sites excluding steroid dienone is 4. The van der Waals surface area contributed by atoms with Gasteiger partial charge in [-0.25, -0.2) is 0 Å². The molecule has 0 rings (SSSR count). The number of ether oxygens (including phenoxy) is 2. The van der Waals surface area contributed by atoms with Gasteiger partial charge in [0.2, 0.25) is 0 Å². The van der Waals surface area contributed by atoms with E-state index in [-0.39, 0.29) is 31.6 Å². The van der Waals surface area contributed by atoms with E-state index in [1.807, 2.05) is 6.08 Å². The Labute approximate surface area is 260 Å². The van der Waals surface area contributed by atoms with E-state index in [0.29, 0.717) is 12.8 Å². The third kappa shape index (κ3) is 31.3. The molecule has 42 heavy (non-hydrogen) atoms. The second-order valence-corrected chi connectivity index (χ2v) is 12.0. The van der Waals surface area contributed by atoms with Crippen LogP contribution in [0.1, 0.15) is 181 Å². The maximum absolute atomic E-state index is 12.1. The number of carbonyl (C=O) groups is 2. The third-order valence-electron chi connectivity index (χ3n) is 7.76. The first-order chi connectivity index (χ1) is 20.6. The Morgan fingerprint density at radius 3 is 1.50 bits per heavy atom. The molecule has 0 aromatic rings. The zero-order valence-electron chi connectivity index (χ0n) is 27.8. The van der Waals surface area contributed by atoms with Crippen LogP contribution in [0, 0.1) is 0 Å². The molecule has 0 saturated carbocycles. The summed E-state index contributed by atoms with van der Waals surface area (Å²) in [6.07, 6.45) is 38.1. The van der Waals surface area contributed by atoms with Gasteiger partial charge in [0.05, 0.1) is 6.61 Å². The topological polar surface area (TPSA) is 72.8 Å². The van der Waals surface area contributed by atoms with Crippen LogP contribution < -0.4 is 0 Å². The predicted molar refractivity (Wildman–Crippen MR) is 178 cm³/mol. The first-order valence-electron chi connectivity index (χ1n) is 17.9. The van der Waals surface area contributed by atoms with Gasteiger partial charge in [0.25, 0.3) is 0 Å². The summed E-state index contributed by atoms with van der Waals surface area (Å²) in [5.74, 6) is -0.664. The van der Waals surface area contributed by atoms with Crippen molar-refractivity contribution in [2.45, 2.75) is 187 Å². The summed E-state index contributed by atoms with van der Waals surface area (Å²) < 4.78 is 10.5. The largest absolute Gasteiger partial charge is 0.462 e. The van der Waals surface area contributed by atoms with Gasteiger partial charge in [0.15, 0.2) is 6.10 Å². The summed E-state index contributed by atoms with van der Waals surface area (Å²) in [5, 5.41) is 9.50. The Morgan fingerprint density at radius 1 is 0.548 bits per heavy atom. The molecule has 1 N–H and O–H groups in total. The van der Waals surface area contributed by atoms with Crippen LogP contribution >= 0.6 is 0 Å². The summed E-state index contributed by atoms with van der Waals surface area (Å²) in [6.45, 7) is 4.07. The molecule has 5 heteroatoms. The molecule has 1 unspecified atom stereocenters. The van der Waals surface area contributed by atoms with Crippen molar-refractivity contribution in [1.82, 2.24) is 0 Å². The van der Waals surface area contributed by atoms with Crippen LogP contribution in [-0.4, -0.2) is 36.4 Å². The van der Waals surface area contributed by atoms with Crippen LogP contribution in [0.5, 0.6) is 0 Å². The van der Waals surface area contributed by atoms with E-state index in [4.69, 9.17) is 9.47 Å². The number of carbonyl (C=O) groups excluding carboxylic acids is 2. The lowest BCUT2D eigenvalue weighted by molar-refractivity contribution is -0.161. The van der Waals surface area contributed by atoms with Crippen molar-refractivity contribution >= 4 is 11.9 Å². The van der Waals surface area contributed by atoms with Gasteiger partial charge in [-0.1, -0.05) is 160 Å². The van der Waals surface area contributed by atoms with Gasteiger partial charge >= 0.3 is 11.9 Å². The molecule has 0 aliphatic heterocycles. The summed E-state index contributed by atoms with van der Waals surface area (Å²) in [4.78, 5) is 24.1. The van der Waals surface area contributed by atoms with Crippen molar-refractivity contribution in [3.8, 4) is 0 Å². The molecule has 1 atom stereocenters. The summed E-state index contributed by atoms with van der Waals surface area (Å²) in [5.41, 5.74) is 0. The molecule has 0 heterocycles. The first-order valence-corrected chi connectivity index (χ1v) is 17.9. The highest BCUT2D eigenvalue weighted by Gasteiger charge is 2.15. The van der Waals surface area contributed by atoms with Gasteiger partial charge in [-0.15, -0.1) is 0 Å². The highest BCUT2D eigenvalue weighted by molar-refractivity contribution is 5.70. The molecule has 0 amide bonds. The number of aliphatic hydroxyl groups excluding tert-OH is 1. The number of aliphatic hydroxyl groups is 1. The van der Waals surface area contributed by atoms with Gasteiger partial charge in [-0.3, -0.25) is 9.59 Å². The minimum Gasteiger partial charge on any atom is -0.462 e. The van der Waals surface area contributed by atoms with Crippen LogP contribution in [0.15, 0.2) is 24.3 Å². The maximum Gasteiger partial charge on any atom is 0.306 e. The van der Waals surface area contributed by atoms with Crippen molar-refractivity contribution in [2.24, 2.45) is 0 Å². The van der Waals surface area contributed by atoms with E-state index < -0.39 is 6.10 Å². The number of hydrogen-bond donors (Lipinski definition) is 1. The van der Waals surface area contributed by atoms with Crippen LogP contribution in [0.2, 0.25) is 0 Å². The number of unbranched alkanes of at least 4 members (excludes halogenated alkanes) is 20. The SMILES string of the molecule is CCCCCCCC/C=C/C/C=C/CCC(=O)OCC(CO)OC(=O)CCCCCCCCCCCCCCCCC. The molecule has 5 nitrogen and oxygen atoms in total. The predicted octanol–water partition coefficient (Wildman–Crippen LogP) is 10.7. The maximum atomic E-state index is 12.1. The van der Waals surface area contributed by atoms with Crippen molar-refractivity contribution < 1.29 is 24.2 Å². The van der Waals surface area contributed by atoms with Crippen LogP contribution in [-0.2, 0) is 19.1 Å². The first kappa shape index (κ1) is 40.4. The van der Waals surface area contributed by atoms with Gasteiger partial charge in [-0.05, 0) is 32.1 Å². The standard InChI is InChI=1S/C37H68O5/c1-3-5-7-9-11-13-15-17-18-20-22-24-26-28-30-32-37(40)42-35(33-38)34-41-36(39)31-29-27-25-23-21-19-16-14-12-10-8-6-4-2/h19,21,25,27,35,38H,3-18,20,22-24,26,28-34H2,1-2H3/b21-19+,27-25+. The second-order valence-electron chi connectivity index (χ2n) is 12.0. The van der Waals surface area contributed by atoms with E-state index in [9.17, 15) is 14.7 Å². The summed E-state index contributed by atoms with van der Waals surface area (Å²) in [6, 6.07) is 0. The summed E-state index contributed by atoms with van der Waals surface area (Å²) in [7, 11) is 0. The van der Waals surface area contributed by atoms with E-state index in [1.165, 1.54) is 116 Å². The highest BCUT2D eigenvalue weighted by Crippen LogP contribution is 2.14.